The molecule has 2 unspecified atom stereocenters. The number of fused-ring (bicyclic) bond motifs is 2. The highest BCUT2D eigenvalue weighted by atomic mass is 16.2. The molecule has 1 amide bonds. The standard InChI is InChI=1S/C22H26N8O/c1-12-14(3-6-20(24-12)29-9-15-7-16(15)10-29)11-30-23-8-19(28-30)22(31)25-18-5-4-17-13(2)26-27-21(17)18/h3,6,8,15-16,18H,4-5,7,9-11H2,1-2H3,(H,25,31)(H,26,27)/t15?,16?,18-/m1/s1. The molecular formula is C22H26N8O. The Balaban J connectivity index is 1.12. The monoisotopic (exact) mass is 418 g/mol. The zero-order valence-corrected chi connectivity index (χ0v) is 17.8. The van der Waals surface area contributed by atoms with Crippen LogP contribution in [0, 0.1) is 25.7 Å². The molecule has 3 aromatic rings. The summed E-state index contributed by atoms with van der Waals surface area (Å²) in [5.41, 5.74) is 5.59. The summed E-state index contributed by atoms with van der Waals surface area (Å²) >= 11 is 0. The highest BCUT2D eigenvalue weighted by Gasteiger charge is 2.45. The summed E-state index contributed by atoms with van der Waals surface area (Å²) in [6.07, 6.45) is 4.70. The lowest BCUT2D eigenvalue weighted by Crippen LogP contribution is -2.28. The first-order chi connectivity index (χ1) is 15.0. The van der Waals surface area contributed by atoms with Gasteiger partial charge in [-0.3, -0.25) is 9.89 Å². The number of hydrogen-bond acceptors (Lipinski definition) is 6. The normalized spacial score (nSPS) is 23.7. The maximum absolute atomic E-state index is 12.7. The summed E-state index contributed by atoms with van der Waals surface area (Å²) in [7, 11) is 0. The van der Waals surface area contributed by atoms with Crippen molar-refractivity contribution in [1.29, 1.82) is 0 Å². The average molecular weight is 419 g/mol. The van der Waals surface area contributed by atoms with Gasteiger partial charge in [0, 0.05) is 24.5 Å². The van der Waals surface area contributed by atoms with Crippen molar-refractivity contribution >= 4 is 11.7 Å². The lowest BCUT2D eigenvalue weighted by Gasteiger charge is -2.20. The van der Waals surface area contributed by atoms with Crippen LogP contribution in [0.3, 0.4) is 0 Å². The smallest absolute Gasteiger partial charge is 0.274 e. The first-order valence-electron chi connectivity index (χ1n) is 11.0. The number of pyridine rings is 1. The fourth-order valence-corrected chi connectivity index (χ4v) is 5.01. The van der Waals surface area contributed by atoms with Crippen LogP contribution < -0.4 is 10.2 Å². The minimum Gasteiger partial charge on any atom is -0.356 e. The highest BCUT2D eigenvalue weighted by molar-refractivity contribution is 5.92. The topological polar surface area (TPSA) is 105 Å². The van der Waals surface area contributed by atoms with E-state index in [2.05, 4.69) is 42.7 Å². The number of carbonyl (C=O) groups is 1. The number of aromatic amines is 1. The molecule has 1 aliphatic heterocycles. The molecule has 3 aliphatic rings. The van der Waals surface area contributed by atoms with Crippen molar-refractivity contribution in [2.24, 2.45) is 11.8 Å². The molecule has 9 nitrogen and oxygen atoms in total. The van der Waals surface area contributed by atoms with E-state index in [1.807, 2.05) is 13.8 Å². The van der Waals surface area contributed by atoms with Crippen molar-refractivity contribution in [1.82, 2.24) is 35.5 Å². The van der Waals surface area contributed by atoms with Gasteiger partial charge in [-0.1, -0.05) is 6.07 Å². The van der Waals surface area contributed by atoms with Crippen molar-refractivity contribution in [3.8, 4) is 0 Å². The molecule has 3 atom stereocenters. The van der Waals surface area contributed by atoms with Crippen LogP contribution in [0.1, 0.15) is 57.6 Å². The molecule has 6 rings (SSSR count). The lowest BCUT2D eigenvalue weighted by molar-refractivity contribution is 0.0930. The number of nitrogens with one attached hydrogen (secondary N) is 2. The molecule has 2 aliphatic carbocycles. The van der Waals surface area contributed by atoms with E-state index in [1.54, 1.807) is 4.80 Å². The molecule has 9 heteroatoms. The molecule has 2 N–H and O–H groups in total. The van der Waals surface area contributed by atoms with Crippen molar-refractivity contribution in [2.75, 3.05) is 18.0 Å². The van der Waals surface area contributed by atoms with Gasteiger partial charge in [0.05, 0.1) is 24.5 Å². The Hall–Kier alpha value is -3.23. The predicted molar refractivity (Wildman–Crippen MR) is 114 cm³/mol. The number of nitrogens with zero attached hydrogens (tertiary/aromatic N) is 6. The van der Waals surface area contributed by atoms with Crippen LogP contribution in [0.2, 0.25) is 0 Å². The average Bonchev–Trinajstić information content (AvgIpc) is 3.22. The Morgan fingerprint density at radius 1 is 1.26 bits per heavy atom. The second kappa shape index (κ2) is 6.90. The fraction of sp³-hybridized carbons (Fsp3) is 0.500. The van der Waals surface area contributed by atoms with Gasteiger partial charge in [-0.25, -0.2) is 4.98 Å². The number of aromatic nitrogens is 6. The largest absolute Gasteiger partial charge is 0.356 e. The SMILES string of the molecule is Cc1nc(N2CC3CC3C2)ccc1Cn1ncc(C(=O)N[C@@H]2CCc3c2n[nH]c3C)n1. The van der Waals surface area contributed by atoms with Gasteiger partial charge in [0.15, 0.2) is 5.69 Å². The van der Waals surface area contributed by atoms with Crippen molar-refractivity contribution < 1.29 is 4.79 Å². The first kappa shape index (κ1) is 18.5. The van der Waals surface area contributed by atoms with Crippen molar-refractivity contribution in [3.05, 3.63) is 52.2 Å². The van der Waals surface area contributed by atoms with Gasteiger partial charge >= 0.3 is 0 Å². The van der Waals surface area contributed by atoms with E-state index >= 15 is 0 Å². The Labute approximate surface area is 180 Å². The second-order valence-electron chi connectivity index (χ2n) is 9.11. The van der Waals surface area contributed by atoms with E-state index in [9.17, 15) is 4.79 Å². The maximum Gasteiger partial charge on any atom is 0.274 e. The molecule has 1 saturated carbocycles. The van der Waals surface area contributed by atoms with Crippen LogP contribution >= 0.6 is 0 Å². The number of rotatable bonds is 5. The minimum atomic E-state index is -0.220. The fourth-order valence-electron chi connectivity index (χ4n) is 5.01. The second-order valence-corrected chi connectivity index (χ2v) is 9.11. The van der Waals surface area contributed by atoms with Crippen LogP contribution in [-0.4, -0.2) is 49.2 Å². The van der Waals surface area contributed by atoms with E-state index in [-0.39, 0.29) is 11.9 Å². The van der Waals surface area contributed by atoms with E-state index in [4.69, 9.17) is 4.98 Å². The number of piperidine rings is 1. The third-order valence-electron chi connectivity index (χ3n) is 6.99. The molecule has 2 fully saturated rings. The summed E-state index contributed by atoms with van der Waals surface area (Å²) in [4.78, 5) is 21.4. The quantitative estimate of drug-likeness (QED) is 0.656. The number of hydrogen-bond donors (Lipinski definition) is 2. The molecule has 0 spiro atoms. The predicted octanol–water partition coefficient (Wildman–Crippen LogP) is 1.93. The lowest BCUT2D eigenvalue weighted by atomic mass is 10.2. The van der Waals surface area contributed by atoms with E-state index < -0.39 is 0 Å². The van der Waals surface area contributed by atoms with Gasteiger partial charge < -0.3 is 10.2 Å². The van der Waals surface area contributed by atoms with Crippen LogP contribution in [0.5, 0.6) is 0 Å². The summed E-state index contributed by atoms with van der Waals surface area (Å²) in [5, 5.41) is 19.1. The molecule has 1 saturated heterocycles. The highest BCUT2D eigenvalue weighted by Crippen LogP contribution is 2.45. The van der Waals surface area contributed by atoms with Gasteiger partial charge in [0.2, 0.25) is 0 Å². The van der Waals surface area contributed by atoms with Gasteiger partial charge in [0.25, 0.3) is 5.91 Å². The molecule has 3 aromatic heterocycles. The minimum absolute atomic E-state index is 0.0757. The Morgan fingerprint density at radius 3 is 2.90 bits per heavy atom. The maximum atomic E-state index is 12.7. The van der Waals surface area contributed by atoms with Gasteiger partial charge in [-0.2, -0.15) is 15.0 Å². The zero-order valence-electron chi connectivity index (χ0n) is 17.8. The van der Waals surface area contributed by atoms with Gasteiger partial charge in [-0.15, -0.1) is 5.10 Å². The Kier molecular flexibility index (Phi) is 4.12. The third kappa shape index (κ3) is 3.28. The number of aryl methyl sites for hydroxylation is 2. The van der Waals surface area contributed by atoms with Gasteiger partial charge in [-0.05, 0) is 62.1 Å². The molecule has 31 heavy (non-hydrogen) atoms. The Bertz CT molecular complexity index is 1150. The van der Waals surface area contributed by atoms with E-state index in [0.29, 0.717) is 12.2 Å². The van der Waals surface area contributed by atoms with Crippen molar-refractivity contribution in [2.45, 2.75) is 45.7 Å². The molecule has 0 radical (unpaired) electrons. The van der Waals surface area contributed by atoms with E-state index in [1.165, 1.54) is 18.2 Å². The van der Waals surface area contributed by atoms with Crippen LogP contribution in [0.25, 0.3) is 0 Å². The first-order valence-corrected chi connectivity index (χ1v) is 11.0. The summed E-state index contributed by atoms with van der Waals surface area (Å²) in [5.74, 6) is 2.61. The van der Waals surface area contributed by atoms with Crippen LogP contribution in [0.15, 0.2) is 18.3 Å². The number of carbonyl (C=O) groups excluding carboxylic acids is 1. The summed E-state index contributed by atoms with van der Waals surface area (Å²) < 4.78 is 0. The summed E-state index contributed by atoms with van der Waals surface area (Å²) in [6.45, 7) is 6.80. The van der Waals surface area contributed by atoms with Crippen LogP contribution in [0.4, 0.5) is 5.82 Å². The number of H-pyrrole nitrogens is 1. The van der Waals surface area contributed by atoms with Crippen LogP contribution in [-0.2, 0) is 13.0 Å². The number of amides is 1. The third-order valence-corrected chi connectivity index (χ3v) is 6.99. The van der Waals surface area contributed by atoms with Crippen molar-refractivity contribution in [3.63, 3.8) is 0 Å². The molecule has 0 aromatic carbocycles. The molecule has 4 heterocycles. The van der Waals surface area contributed by atoms with E-state index in [0.717, 1.165) is 66.2 Å². The summed E-state index contributed by atoms with van der Waals surface area (Å²) in [6, 6.07) is 4.12. The molecular weight excluding hydrogens is 392 g/mol. The molecule has 0 bridgehead atoms. The molecule has 160 valence electrons. The zero-order chi connectivity index (χ0) is 21.1. The Morgan fingerprint density at radius 2 is 2.10 bits per heavy atom. The number of anilines is 1. The van der Waals surface area contributed by atoms with Gasteiger partial charge in [0.1, 0.15) is 5.82 Å².